The number of rotatable bonds is 2. The van der Waals surface area contributed by atoms with E-state index < -0.39 is 20.0 Å². The van der Waals surface area contributed by atoms with Gasteiger partial charge in [0.2, 0.25) is 0 Å². The molecule has 0 amide bonds. The lowest BCUT2D eigenvalue weighted by Gasteiger charge is -2.36. The third-order valence-electron chi connectivity index (χ3n) is 3.08. The van der Waals surface area contributed by atoms with E-state index in [1.54, 1.807) is 0 Å². The zero-order valence-corrected chi connectivity index (χ0v) is 11.4. The lowest BCUT2D eigenvalue weighted by atomic mass is 10.2. The Labute approximate surface area is 96.6 Å². The molecular weight excluding hydrogens is 226 g/mol. The van der Waals surface area contributed by atoms with Crippen LogP contribution in [-0.4, -0.2) is 8.32 Å². The van der Waals surface area contributed by atoms with Crippen LogP contribution in [0.3, 0.4) is 0 Å². The highest BCUT2D eigenvalue weighted by Gasteiger charge is 2.40. The summed E-state index contributed by atoms with van der Waals surface area (Å²) in [6.07, 6.45) is 0. The molecule has 0 fully saturated rings. The number of halogens is 2. The van der Waals surface area contributed by atoms with Gasteiger partial charge in [0.05, 0.1) is 0 Å². The SMILES string of the molecule is CC(C)(C)[Si](C)(C)Oc1c(F)cccc1F. The standard InChI is InChI=1S/C12H18F2OSi/c1-12(2,3)16(4,5)15-11-9(13)7-6-8-10(11)14/h6-8H,1-5H3. The third-order valence-corrected chi connectivity index (χ3v) is 7.41. The van der Waals surface area contributed by atoms with Gasteiger partial charge in [0.1, 0.15) is 0 Å². The van der Waals surface area contributed by atoms with Crippen molar-refractivity contribution in [1.29, 1.82) is 0 Å². The lowest BCUT2D eigenvalue weighted by Crippen LogP contribution is -2.44. The Kier molecular flexibility index (Phi) is 3.43. The van der Waals surface area contributed by atoms with E-state index in [0.29, 0.717) is 0 Å². The van der Waals surface area contributed by atoms with Crippen LogP contribution in [0.2, 0.25) is 18.1 Å². The Morgan fingerprint density at radius 3 is 1.88 bits per heavy atom. The molecule has 1 aromatic rings. The fraction of sp³-hybridized carbons (Fsp3) is 0.500. The smallest absolute Gasteiger partial charge is 0.250 e. The van der Waals surface area contributed by atoms with E-state index in [4.69, 9.17) is 4.43 Å². The topological polar surface area (TPSA) is 9.23 Å². The monoisotopic (exact) mass is 244 g/mol. The van der Waals surface area contributed by atoms with Gasteiger partial charge in [-0.2, -0.15) is 0 Å². The molecule has 0 aliphatic rings. The summed E-state index contributed by atoms with van der Waals surface area (Å²) in [5.41, 5.74) is 0. The van der Waals surface area contributed by atoms with Crippen molar-refractivity contribution in [3.05, 3.63) is 29.8 Å². The second kappa shape index (κ2) is 4.16. The fourth-order valence-electron chi connectivity index (χ4n) is 0.988. The van der Waals surface area contributed by atoms with Crippen molar-refractivity contribution < 1.29 is 13.2 Å². The first-order valence-corrected chi connectivity index (χ1v) is 8.19. The summed E-state index contributed by atoms with van der Waals surface area (Å²) in [6, 6.07) is 3.76. The van der Waals surface area contributed by atoms with Gasteiger partial charge in [0.25, 0.3) is 8.32 Å². The molecular formula is C12H18F2OSi. The Hall–Kier alpha value is -0.903. The molecule has 0 bridgehead atoms. The molecule has 4 heteroatoms. The molecule has 0 atom stereocenters. The average molecular weight is 244 g/mol. The maximum Gasteiger partial charge on any atom is 0.250 e. The first kappa shape index (κ1) is 13.2. The predicted molar refractivity (Wildman–Crippen MR) is 64.2 cm³/mol. The number of hydrogen-bond acceptors (Lipinski definition) is 1. The molecule has 1 nitrogen and oxygen atoms in total. The van der Waals surface area contributed by atoms with Crippen LogP contribution in [0, 0.1) is 11.6 Å². The molecule has 90 valence electrons. The lowest BCUT2D eigenvalue weighted by molar-refractivity contribution is 0.424. The van der Waals surface area contributed by atoms with Crippen molar-refractivity contribution in [3.63, 3.8) is 0 Å². The molecule has 0 aliphatic heterocycles. The van der Waals surface area contributed by atoms with E-state index in [-0.39, 0.29) is 10.8 Å². The van der Waals surface area contributed by atoms with Gasteiger partial charge in [0.15, 0.2) is 17.4 Å². The van der Waals surface area contributed by atoms with Crippen LogP contribution in [0.1, 0.15) is 20.8 Å². The van der Waals surface area contributed by atoms with Gasteiger partial charge in [-0.25, -0.2) is 8.78 Å². The van der Waals surface area contributed by atoms with Gasteiger partial charge in [0, 0.05) is 0 Å². The summed E-state index contributed by atoms with van der Waals surface area (Å²) >= 11 is 0. The minimum Gasteiger partial charge on any atom is -0.540 e. The van der Waals surface area contributed by atoms with E-state index in [1.807, 2.05) is 33.9 Å². The number of benzene rings is 1. The largest absolute Gasteiger partial charge is 0.540 e. The van der Waals surface area contributed by atoms with E-state index in [0.717, 1.165) is 0 Å². The number of hydrogen-bond donors (Lipinski definition) is 0. The molecule has 16 heavy (non-hydrogen) atoms. The molecule has 0 heterocycles. The predicted octanol–water partition coefficient (Wildman–Crippen LogP) is 4.35. The maximum absolute atomic E-state index is 13.4. The van der Waals surface area contributed by atoms with Crippen LogP contribution in [0.5, 0.6) is 5.75 Å². The molecule has 0 aliphatic carbocycles. The van der Waals surface area contributed by atoms with Gasteiger partial charge in [-0.15, -0.1) is 0 Å². The van der Waals surface area contributed by atoms with Crippen LogP contribution >= 0.6 is 0 Å². The Morgan fingerprint density at radius 2 is 1.50 bits per heavy atom. The minimum absolute atomic E-state index is 0.0816. The van der Waals surface area contributed by atoms with E-state index in [9.17, 15) is 8.78 Å². The normalized spacial score (nSPS) is 12.7. The van der Waals surface area contributed by atoms with Crippen LogP contribution < -0.4 is 4.43 Å². The summed E-state index contributed by atoms with van der Waals surface area (Å²) in [7, 11) is -2.19. The second-order valence-electron chi connectivity index (χ2n) is 5.41. The van der Waals surface area contributed by atoms with Gasteiger partial charge in [-0.05, 0) is 30.3 Å². The zero-order valence-electron chi connectivity index (χ0n) is 10.4. The van der Waals surface area contributed by atoms with Crippen molar-refractivity contribution in [1.82, 2.24) is 0 Å². The summed E-state index contributed by atoms with van der Waals surface area (Å²) < 4.78 is 32.5. The summed E-state index contributed by atoms with van der Waals surface area (Å²) in [5, 5.41) is -0.0816. The quantitative estimate of drug-likeness (QED) is 0.703. The first-order valence-electron chi connectivity index (χ1n) is 5.28. The zero-order chi connectivity index (χ0) is 12.6. The third kappa shape index (κ3) is 2.61. The van der Waals surface area contributed by atoms with Crippen LogP contribution in [0.15, 0.2) is 18.2 Å². The van der Waals surface area contributed by atoms with Gasteiger partial charge in [-0.1, -0.05) is 26.8 Å². The molecule has 1 aromatic carbocycles. The van der Waals surface area contributed by atoms with Crippen LogP contribution in [0.25, 0.3) is 0 Å². The highest BCUT2D eigenvalue weighted by molar-refractivity contribution is 6.74. The fourth-order valence-corrected chi connectivity index (χ4v) is 2.00. The highest BCUT2D eigenvalue weighted by atomic mass is 28.4. The van der Waals surface area contributed by atoms with E-state index in [2.05, 4.69) is 0 Å². The Bertz CT molecular complexity index is 363. The maximum atomic E-state index is 13.4. The molecule has 0 spiro atoms. The molecule has 0 radical (unpaired) electrons. The second-order valence-corrected chi connectivity index (χ2v) is 10.1. The van der Waals surface area contributed by atoms with Gasteiger partial charge in [-0.3, -0.25) is 0 Å². The Morgan fingerprint density at radius 1 is 1.06 bits per heavy atom. The van der Waals surface area contributed by atoms with E-state index >= 15 is 0 Å². The summed E-state index contributed by atoms with van der Waals surface area (Å²) in [5.74, 6) is -1.51. The van der Waals surface area contributed by atoms with E-state index in [1.165, 1.54) is 18.2 Å². The molecule has 1 rings (SSSR count). The van der Waals surface area contributed by atoms with Crippen LogP contribution in [0.4, 0.5) is 8.78 Å². The van der Waals surface area contributed by atoms with Crippen molar-refractivity contribution in [2.75, 3.05) is 0 Å². The van der Waals surface area contributed by atoms with Gasteiger partial charge >= 0.3 is 0 Å². The van der Waals surface area contributed by atoms with Gasteiger partial charge < -0.3 is 4.43 Å². The molecule has 0 aromatic heterocycles. The van der Waals surface area contributed by atoms with Crippen molar-refractivity contribution >= 4 is 8.32 Å². The average Bonchev–Trinajstić information content (AvgIpc) is 2.10. The summed E-state index contributed by atoms with van der Waals surface area (Å²) in [6.45, 7) is 9.99. The first-order chi connectivity index (χ1) is 7.15. The molecule has 0 saturated carbocycles. The molecule has 0 unspecified atom stereocenters. The Balaban J connectivity index is 3.06. The molecule has 0 saturated heterocycles. The minimum atomic E-state index is -2.19. The summed E-state index contributed by atoms with van der Waals surface area (Å²) in [4.78, 5) is 0. The number of para-hydroxylation sites is 1. The van der Waals surface area contributed by atoms with Crippen LogP contribution in [-0.2, 0) is 0 Å². The molecule has 0 N–H and O–H groups in total. The van der Waals surface area contributed by atoms with Crippen molar-refractivity contribution in [2.45, 2.75) is 38.9 Å². The highest BCUT2D eigenvalue weighted by Crippen LogP contribution is 2.38. The van der Waals surface area contributed by atoms with Crippen molar-refractivity contribution in [3.8, 4) is 5.75 Å². The van der Waals surface area contributed by atoms with Crippen molar-refractivity contribution in [2.24, 2.45) is 0 Å².